The summed E-state index contributed by atoms with van der Waals surface area (Å²) in [5.41, 5.74) is 0.895. The van der Waals surface area contributed by atoms with E-state index in [4.69, 9.17) is 4.74 Å². The number of nitrogens with one attached hydrogen (secondary N) is 2. The van der Waals surface area contributed by atoms with Crippen LogP contribution in [0.1, 0.15) is 0 Å². The number of hydrogen-bond acceptors (Lipinski definition) is 7. The molecule has 3 rings (SSSR count). The first kappa shape index (κ1) is 12.8. The number of aromatic amines is 1. The van der Waals surface area contributed by atoms with Crippen LogP contribution in [0.3, 0.4) is 0 Å². The zero-order chi connectivity index (χ0) is 14.8. The van der Waals surface area contributed by atoms with Crippen LogP contribution in [0.25, 0.3) is 11.2 Å². The zero-order valence-corrected chi connectivity index (χ0v) is 10.9. The molecule has 9 heteroatoms. The van der Waals surface area contributed by atoms with Crippen LogP contribution in [0.4, 0.5) is 11.6 Å². The van der Waals surface area contributed by atoms with Gasteiger partial charge >= 0.3 is 0 Å². The van der Waals surface area contributed by atoms with Crippen LogP contribution < -0.4 is 10.1 Å². The number of benzene rings is 1. The zero-order valence-electron chi connectivity index (χ0n) is 10.9. The smallest absolute Gasteiger partial charge is 0.273 e. The molecule has 21 heavy (non-hydrogen) atoms. The third-order valence-corrected chi connectivity index (χ3v) is 2.72. The molecule has 2 heterocycles. The van der Waals surface area contributed by atoms with Gasteiger partial charge in [0.1, 0.15) is 11.3 Å². The summed E-state index contributed by atoms with van der Waals surface area (Å²) >= 11 is 0. The van der Waals surface area contributed by atoms with E-state index in [2.05, 4.69) is 25.3 Å². The Morgan fingerprint density at radius 2 is 2.24 bits per heavy atom. The highest BCUT2D eigenvalue weighted by atomic mass is 16.6. The largest absolute Gasteiger partial charge is 0.437 e. The van der Waals surface area contributed by atoms with Gasteiger partial charge in [0.25, 0.3) is 11.6 Å². The molecule has 9 nitrogen and oxygen atoms in total. The molecule has 0 amide bonds. The number of non-ortho nitro benzene ring substituents is 1. The summed E-state index contributed by atoms with van der Waals surface area (Å²) in [7, 11) is 1.67. The molecule has 0 saturated heterocycles. The molecule has 2 aromatic heterocycles. The standard InChI is InChI=1S/C12H10N6O3/c1-13-12-16-10-9(14-6-15-10)11(17-12)21-8-4-2-3-7(5-8)18(19)20/h2-6H,1H3,(H2,13,14,15,16,17). The predicted molar refractivity (Wildman–Crippen MR) is 74.4 cm³/mol. The lowest BCUT2D eigenvalue weighted by molar-refractivity contribution is -0.384. The van der Waals surface area contributed by atoms with Crippen molar-refractivity contribution in [3.63, 3.8) is 0 Å². The van der Waals surface area contributed by atoms with Crippen molar-refractivity contribution < 1.29 is 9.66 Å². The molecule has 0 bridgehead atoms. The van der Waals surface area contributed by atoms with Crippen LogP contribution in [0.2, 0.25) is 0 Å². The van der Waals surface area contributed by atoms with Crippen molar-refractivity contribution in [3.05, 3.63) is 40.7 Å². The molecule has 0 radical (unpaired) electrons. The molecule has 106 valence electrons. The van der Waals surface area contributed by atoms with Crippen molar-refractivity contribution in [2.75, 3.05) is 12.4 Å². The third-order valence-electron chi connectivity index (χ3n) is 2.72. The molecule has 1 aromatic carbocycles. The first-order chi connectivity index (χ1) is 10.2. The molecular weight excluding hydrogens is 276 g/mol. The van der Waals surface area contributed by atoms with Gasteiger partial charge in [0.05, 0.1) is 17.3 Å². The summed E-state index contributed by atoms with van der Waals surface area (Å²) in [6.45, 7) is 0. The fourth-order valence-electron chi connectivity index (χ4n) is 1.76. The van der Waals surface area contributed by atoms with Gasteiger partial charge in [0, 0.05) is 13.1 Å². The Labute approximate surface area is 118 Å². The normalized spacial score (nSPS) is 10.5. The molecule has 0 aliphatic rings. The van der Waals surface area contributed by atoms with Crippen LogP contribution in [-0.4, -0.2) is 31.9 Å². The van der Waals surface area contributed by atoms with E-state index < -0.39 is 4.92 Å². The van der Waals surface area contributed by atoms with Crippen LogP contribution in [-0.2, 0) is 0 Å². The van der Waals surface area contributed by atoms with E-state index >= 15 is 0 Å². The number of aromatic nitrogens is 4. The Balaban J connectivity index is 2.03. The van der Waals surface area contributed by atoms with E-state index in [1.165, 1.54) is 24.5 Å². The lowest BCUT2D eigenvalue weighted by Gasteiger charge is -2.06. The lowest BCUT2D eigenvalue weighted by Crippen LogP contribution is -1.99. The molecular formula is C12H10N6O3. The van der Waals surface area contributed by atoms with Crippen molar-refractivity contribution in [2.45, 2.75) is 0 Å². The van der Waals surface area contributed by atoms with Gasteiger partial charge in [-0.3, -0.25) is 10.1 Å². The van der Waals surface area contributed by atoms with Crippen LogP contribution in [0.5, 0.6) is 11.6 Å². The Kier molecular flexibility index (Phi) is 3.07. The molecule has 2 N–H and O–H groups in total. The van der Waals surface area contributed by atoms with Crippen molar-refractivity contribution in [2.24, 2.45) is 0 Å². The second-order valence-electron chi connectivity index (χ2n) is 4.06. The average molecular weight is 286 g/mol. The van der Waals surface area contributed by atoms with Crippen molar-refractivity contribution in [1.29, 1.82) is 0 Å². The maximum atomic E-state index is 10.8. The number of rotatable bonds is 4. The van der Waals surface area contributed by atoms with E-state index in [1.807, 2.05) is 0 Å². The molecule has 3 aromatic rings. The van der Waals surface area contributed by atoms with Crippen molar-refractivity contribution in [1.82, 2.24) is 19.9 Å². The van der Waals surface area contributed by atoms with E-state index in [-0.39, 0.29) is 11.6 Å². The molecule has 0 aliphatic carbocycles. The number of imidazole rings is 1. The Morgan fingerprint density at radius 3 is 3.00 bits per heavy atom. The second kappa shape index (κ2) is 5.04. The Hall–Kier alpha value is -3.23. The molecule has 0 unspecified atom stereocenters. The number of nitrogens with zero attached hydrogens (tertiary/aromatic N) is 4. The topological polar surface area (TPSA) is 119 Å². The molecule has 0 saturated carbocycles. The Morgan fingerprint density at radius 1 is 1.38 bits per heavy atom. The van der Waals surface area contributed by atoms with E-state index in [1.54, 1.807) is 13.1 Å². The van der Waals surface area contributed by atoms with Crippen molar-refractivity contribution in [3.8, 4) is 11.6 Å². The number of anilines is 1. The summed E-state index contributed by atoms with van der Waals surface area (Å²) in [5.74, 6) is 0.887. The van der Waals surface area contributed by atoms with Crippen LogP contribution >= 0.6 is 0 Å². The van der Waals surface area contributed by atoms with Gasteiger partial charge in [0.15, 0.2) is 5.65 Å². The predicted octanol–water partition coefficient (Wildman–Crippen LogP) is 2.10. The molecule has 0 spiro atoms. The van der Waals surface area contributed by atoms with Gasteiger partial charge in [-0.25, -0.2) is 4.98 Å². The number of H-pyrrole nitrogens is 1. The minimum absolute atomic E-state index is 0.0590. The lowest BCUT2D eigenvalue weighted by atomic mass is 10.3. The number of fused-ring (bicyclic) bond motifs is 1. The summed E-state index contributed by atoms with van der Waals surface area (Å²) in [6, 6.07) is 5.86. The molecule has 0 atom stereocenters. The first-order valence-electron chi connectivity index (χ1n) is 5.98. The number of nitro benzene ring substituents is 1. The maximum absolute atomic E-state index is 10.8. The van der Waals surface area contributed by atoms with Gasteiger partial charge in [-0.15, -0.1) is 0 Å². The molecule has 0 fully saturated rings. The number of hydrogen-bond donors (Lipinski definition) is 2. The monoisotopic (exact) mass is 286 g/mol. The summed E-state index contributed by atoms with van der Waals surface area (Å²) in [4.78, 5) is 25.5. The summed E-state index contributed by atoms with van der Waals surface area (Å²) in [5, 5.41) is 13.6. The summed E-state index contributed by atoms with van der Waals surface area (Å²) in [6.07, 6.45) is 1.47. The minimum atomic E-state index is -0.488. The Bertz CT molecular complexity index is 816. The third kappa shape index (κ3) is 2.43. The van der Waals surface area contributed by atoms with Gasteiger partial charge in [-0.2, -0.15) is 9.97 Å². The highest BCUT2D eigenvalue weighted by Gasteiger charge is 2.13. The highest BCUT2D eigenvalue weighted by molar-refractivity contribution is 5.77. The fraction of sp³-hybridized carbons (Fsp3) is 0.0833. The quantitative estimate of drug-likeness (QED) is 0.556. The SMILES string of the molecule is CNc1nc(Oc2cccc([N+](=O)[O-])c2)c2[nH]cnc2n1. The van der Waals surface area contributed by atoms with Gasteiger partial charge in [-0.05, 0) is 6.07 Å². The van der Waals surface area contributed by atoms with Crippen LogP contribution in [0.15, 0.2) is 30.6 Å². The van der Waals surface area contributed by atoms with E-state index in [9.17, 15) is 10.1 Å². The van der Waals surface area contributed by atoms with Crippen molar-refractivity contribution >= 4 is 22.8 Å². The van der Waals surface area contributed by atoms with E-state index in [0.717, 1.165) is 0 Å². The maximum Gasteiger partial charge on any atom is 0.273 e. The van der Waals surface area contributed by atoms with Gasteiger partial charge in [-0.1, -0.05) is 6.07 Å². The van der Waals surface area contributed by atoms with Gasteiger partial charge < -0.3 is 15.0 Å². The average Bonchev–Trinajstić information content (AvgIpc) is 2.96. The summed E-state index contributed by atoms with van der Waals surface area (Å²) < 4.78 is 5.62. The minimum Gasteiger partial charge on any atom is -0.437 e. The highest BCUT2D eigenvalue weighted by Crippen LogP contribution is 2.28. The van der Waals surface area contributed by atoms with Gasteiger partial charge in [0.2, 0.25) is 5.95 Å². The second-order valence-corrected chi connectivity index (χ2v) is 4.06. The number of ether oxygens (including phenoxy) is 1. The first-order valence-corrected chi connectivity index (χ1v) is 5.98. The van der Waals surface area contributed by atoms with Crippen LogP contribution in [0, 0.1) is 10.1 Å². The fourth-order valence-corrected chi connectivity index (χ4v) is 1.76. The number of nitro groups is 1. The molecule has 0 aliphatic heterocycles. The van der Waals surface area contributed by atoms with E-state index in [0.29, 0.717) is 22.9 Å².